The van der Waals surface area contributed by atoms with Crippen LogP contribution >= 0.6 is 11.8 Å². The lowest BCUT2D eigenvalue weighted by Crippen LogP contribution is -2.26. The van der Waals surface area contributed by atoms with Gasteiger partial charge in [-0.2, -0.15) is 0 Å². The summed E-state index contributed by atoms with van der Waals surface area (Å²) >= 11 is 1.83. The molecule has 1 heterocycles. The first kappa shape index (κ1) is 10.6. The molecule has 0 aliphatic carbocycles. The highest BCUT2D eigenvalue weighted by Gasteiger charge is 2.18. The highest BCUT2D eigenvalue weighted by molar-refractivity contribution is 8.00. The third-order valence-electron chi connectivity index (χ3n) is 2.43. The predicted octanol–water partition coefficient (Wildman–Crippen LogP) is 3.00. The van der Waals surface area contributed by atoms with E-state index in [2.05, 4.69) is 43.2 Å². The van der Waals surface area contributed by atoms with Gasteiger partial charge in [0, 0.05) is 33.3 Å². The average molecular weight is 220 g/mol. The van der Waals surface area contributed by atoms with Crippen LogP contribution in [-0.4, -0.2) is 16.3 Å². The van der Waals surface area contributed by atoms with Crippen molar-refractivity contribution in [3.63, 3.8) is 0 Å². The van der Waals surface area contributed by atoms with Gasteiger partial charge >= 0.3 is 0 Å². The fraction of sp³-hybridized carbons (Fsp3) is 0.333. The van der Waals surface area contributed by atoms with Crippen LogP contribution in [0, 0.1) is 0 Å². The van der Waals surface area contributed by atoms with Crippen LogP contribution in [0.2, 0.25) is 0 Å². The number of para-hydroxylation sites is 1. The Morgan fingerprint density at radius 2 is 2.07 bits per heavy atom. The first-order valence-corrected chi connectivity index (χ1v) is 5.89. The molecule has 15 heavy (non-hydrogen) atoms. The molecule has 3 heteroatoms. The summed E-state index contributed by atoms with van der Waals surface area (Å²) in [6.07, 6.45) is 2.06. The molecular formula is C12H16N2S. The van der Waals surface area contributed by atoms with E-state index in [4.69, 9.17) is 5.73 Å². The van der Waals surface area contributed by atoms with E-state index in [0.717, 1.165) is 0 Å². The van der Waals surface area contributed by atoms with Gasteiger partial charge in [-0.1, -0.05) is 18.2 Å². The Labute approximate surface area is 94.2 Å². The van der Waals surface area contributed by atoms with Crippen molar-refractivity contribution in [2.45, 2.75) is 23.5 Å². The molecule has 1 aromatic heterocycles. The van der Waals surface area contributed by atoms with Crippen molar-refractivity contribution in [2.75, 3.05) is 6.54 Å². The maximum atomic E-state index is 5.74. The van der Waals surface area contributed by atoms with Crippen LogP contribution in [0.15, 0.2) is 35.4 Å². The molecule has 0 amide bonds. The standard InChI is InChI=1S/C12H16N2S/c1-12(2,8-13)15-11-7-14-10-6-4-3-5-9(10)11/h3-7,14H,8,13H2,1-2H3. The third kappa shape index (κ3) is 2.19. The topological polar surface area (TPSA) is 41.8 Å². The zero-order valence-corrected chi connectivity index (χ0v) is 9.90. The van der Waals surface area contributed by atoms with Crippen molar-refractivity contribution in [1.82, 2.24) is 4.98 Å². The van der Waals surface area contributed by atoms with Crippen molar-refractivity contribution in [3.8, 4) is 0 Å². The van der Waals surface area contributed by atoms with Gasteiger partial charge in [0.2, 0.25) is 0 Å². The van der Waals surface area contributed by atoms with Gasteiger partial charge in [-0.25, -0.2) is 0 Å². The van der Waals surface area contributed by atoms with E-state index in [1.807, 2.05) is 17.8 Å². The summed E-state index contributed by atoms with van der Waals surface area (Å²) in [6.45, 7) is 5.01. The van der Waals surface area contributed by atoms with Gasteiger partial charge in [0.1, 0.15) is 0 Å². The summed E-state index contributed by atoms with van der Waals surface area (Å²) in [5.41, 5.74) is 6.92. The van der Waals surface area contributed by atoms with Gasteiger partial charge in [-0.05, 0) is 19.9 Å². The number of thioether (sulfide) groups is 1. The number of H-pyrrole nitrogens is 1. The van der Waals surface area contributed by atoms with E-state index in [9.17, 15) is 0 Å². The van der Waals surface area contributed by atoms with Crippen LogP contribution in [0.4, 0.5) is 0 Å². The molecule has 0 bridgehead atoms. The number of benzene rings is 1. The largest absolute Gasteiger partial charge is 0.360 e. The molecule has 0 aliphatic heterocycles. The Morgan fingerprint density at radius 1 is 1.33 bits per heavy atom. The maximum absolute atomic E-state index is 5.74. The number of rotatable bonds is 3. The van der Waals surface area contributed by atoms with Gasteiger partial charge in [-0.3, -0.25) is 0 Å². The lowest BCUT2D eigenvalue weighted by atomic mass is 10.2. The summed E-state index contributed by atoms with van der Waals surface area (Å²) in [6, 6.07) is 8.34. The zero-order chi connectivity index (χ0) is 10.9. The number of aromatic amines is 1. The molecule has 0 radical (unpaired) electrons. The van der Waals surface area contributed by atoms with Gasteiger partial charge in [0.15, 0.2) is 0 Å². The second kappa shape index (κ2) is 3.91. The molecule has 3 N–H and O–H groups in total. The molecule has 2 rings (SSSR count). The molecule has 0 spiro atoms. The first-order valence-electron chi connectivity index (χ1n) is 5.07. The Balaban J connectivity index is 2.37. The van der Waals surface area contributed by atoms with Crippen molar-refractivity contribution in [3.05, 3.63) is 30.5 Å². The van der Waals surface area contributed by atoms with Crippen LogP contribution < -0.4 is 5.73 Å². The molecule has 0 saturated carbocycles. The molecule has 2 aromatic rings. The van der Waals surface area contributed by atoms with E-state index in [1.54, 1.807) is 0 Å². The molecule has 1 aromatic carbocycles. The zero-order valence-electron chi connectivity index (χ0n) is 9.08. The number of hydrogen-bond donors (Lipinski definition) is 2. The summed E-state index contributed by atoms with van der Waals surface area (Å²) in [7, 11) is 0. The molecule has 2 nitrogen and oxygen atoms in total. The summed E-state index contributed by atoms with van der Waals surface area (Å²) in [4.78, 5) is 4.55. The van der Waals surface area contributed by atoms with Crippen LogP contribution in [0.5, 0.6) is 0 Å². The normalized spacial score (nSPS) is 12.2. The molecule has 0 fully saturated rings. The minimum Gasteiger partial charge on any atom is -0.360 e. The van der Waals surface area contributed by atoms with E-state index in [1.165, 1.54) is 15.8 Å². The number of nitrogens with two attached hydrogens (primary N) is 1. The molecule has 0 saturated heterocycles. The Hall–Kier alpha value is -0.930. The first-order chi connectivity index (χ1) is 7.12. The highest BCUT2D eigenvalue weighted by Crippen LogP contribution is 2.36. The lowest BCUT2D eigenvalue weighted by molar-refractivity contribution is 0.723. The number of aromatic nitrogens is 1. The maximum Gasteiger partial charge on any atom is 0.0465 e. The Kier molecular flexibility index (Phi) is 2.76. The smallest absolute Gasteiger partial charge is 0.0465 e. The van der Waals surface area contributed by atoms with Crippen molar-refractivity contribution in [2.24, 2.45) is 5.73 Å². The van der Waals surface area contributed by atoms with Crippen molar-refractivity contribution < 1.29 is 0 Å². The highest BCUT2D eigenvalue weighted by atomic mass is 32.2. The van der Waals surface area contributed by atoms with E-state index < -0.39 is 0 Å². The Morgan fingerprint density at radius 3 is 2.80 bits per heavy atom. The van der Waals surface area contributed by atoms with Crippen LogP contribution in [0.25, 0.3) is 10.9 Å². The van der Waals surface area contributed by atoms with Gasteiger partial charge in [0.25, 0.3) is 0 Å². The Bertz CT molecular complexity index is 459. The molecular weight excluding hydrogens is 204 g/mol. The molecule has 0 atom stereocenters. The minimum absolute atomic E-state index is 0.0883. The van der Waals surface area contributed by atoms with Gasteiger partial charge in [-0.15, -0.1) is 11.8 Å². The predicted molar refractivity (Wildman–Crippen MR) is 67.3 cm³/mol. The quantitative estimate of drug-likeness (QED) is 0.781. The van der Waals surface area contributed by atoms with E-state index in [-0.39, 0.29) is 4.75 Å². The average Bonchev–Trinajstić information content (AvgIpc) is 2.62. The number of hydrogen-bond acceptors (Lipinski definition) is 2. The van der Waals surface area contributed by atoms with Gasteiger partial charge < -0.3 is 10.7 Å². The van der Waals surface area contributed by atoms with Crippen LogP contribution in [0.1, 0.15) is 13.8 Å². The summed E-state index contributed by atoms with van der Waals surface area (Å²) in [5, 5.41) is 1.28. The fourth-order valence-electron chi connectivity index (χ4n) is 1.47. The summed E-state index contributed by atoms with van der Waals surface area (Å²) < 4.78 is 0.0883. The number of nitrogens with one attached hydrogen (secondary N) is 1. The molecule has 0 aliphatic rings. The second-order valence-corrected chi connectivity index (χ2v) is 6.01. The molecule has 0 unspecified atom stereocenters. The molecule has 80 valence electrons. The number of fused-ring (bicyclic) bond motifs is 1. The second-order valence-electron chi connectivity index (χ2n) is 4.26. The van der Waals surface area contributed by atoms with E-state index in [0.29, 0.717) is 6.54 Å². The van der Waals surface area contributed by atoms with Gasteiger partial charge in [0.05, 0.1) is 0 Å². The summed E-state index contributed by atoms with van der Waals surface area (Å²) in [5.74, 6) is 0. The minimum atomic E-state index is 0.0883. The van der Waals surface area contributed by atoms with Crippen LogP contribution in [0.3, 0.4) is 0 Å². The lowest BCUT2D eigenvalue weighted by Gasteiger charge is -2.20. The van der Waals surface area contributed by atoms with Crippen LogP contribution in [-0.2, 0) is 0 Å². The van der Waals surface area contributed by atoms with E-state index >= 15 is 0 Å². The SMILES string of the molecule is CC(C)(CN)Sc1c[nH]c2ccccc12. The third-order valence-corrected chi connectivity index (χ3v) is 3.71. The van der Waals surface area contributed by atoms with Crippen molar-refractivity contribution >= 4 is 22.7 Å². The monoisotopic (exact) mass is 220 g/mol. The van der Waals surface area contributed by atoms with Crippen molar-refractivity contribution in [1.29, 1.82) is 0 Å². The fourth-order valence-corrected chi connectivity index (χ4v) is 2.55.